The number of halogens is 1. The summed E-state index contributed by atoms with van der Waals surface area (Å²) in [4.78, 5) is 19.3. The Kier molecular flexibility index (Phi) is 7.63. The van der Waals surface area contributed by atoms with Gasteiger partial charge in [0, 0.05) is 25.7 Å². The van der Waals surface area contributed by atoms with Crippen LogP contribution in [0.2, 0.25) is 5.02 Å². The van der Waals surface area contributed by atoms with Crippen LogP contribution in [-0.2, 0) is 27.9 Å². The molecular formula is C22H28ClN5O4S. The molecule has 1 aromatic heterocycles. The number of hydrogen-bond donors (Lipinski definition) is 1. The van der Waals surface area contributed by atoms with Gasteiger partial charge in [0.15, 0.2) is 0 Å². The molecule has 0 aliphatic heterocycles. The van der Waals surface area contributed by atoms with Gasteiger partial charge in [0.25, 0.3) is 0 Å². The van der Waals surface area contributed by atoms with E-state index in [9.17, 15) is 13.2 Å². The van der Waals surface area contributed by atoms with Crippen LogP contribution in [0, 0.1) is 0 Å². The van der Waals surface area contributed by atoms with Crippen LogP contribution in [0.15, 0.2) is 41.3 Å². The summed E-state index contributed by atoms with van der Waals surface area (Å²) in [6, 6.07) is 9.95. The lowest BCUT2D eigenvalue weighted by molar-refractivity contribution is -0.117. The highest BCUT2D eigenvalue weighted by Gasteiger charge is 2.20. The van der Waals surface area contributed by atoms with Crippen molar-refractivity contribution in [1.29, 1.82) is 0 Å². The van der Waals surface area contributed by atoms with Crippen molar-refractivity contribution in [3.8, 4) is 5.75 Å². The quantitative estimate of drug-likeness (QED) is 0.492. The number of aromatic nitrogens is 2. The summed E-state index contributed by atoms with van der Waals surface area (Å²) >= 11 is 6.03. The summed E-state index contributed by atoms with van der Waals surface area (Å²) in [7, 11) is 2.77. The Morgan fingerprint density at radius 3 is 2.55 bits per heavy atom. The summed E-state index contributed by atoms with van der Waals surface area (Å²) in [5.74, 6) is 1.03. The minimum atomic E-state index is -3.56. The van der Waals surface area contributed by atoms with Crippen LogP contribution in [0.25, 0.3) is 11.0 Å². The number of carbonyl (C=O) groups is 1. The van der Waals surface area contributed by atoms with Crippen molar-refractivity contribution in [1.82, 2.24) is 18.8 Å². The maximum atomic E-state index is 12.6. The second kappa shape index (κ2) is 10.1. The first-order chi connectivity index (χ1) is 15.6. The van der Waals surface area contributed by atoms with Gasteiger partial charge >= 0.3 is 0 Å². The van der Waals surface area contributed by atoms with E-state index < -0.39 is 10.0 Å². The minimum Gasteiger partial charge on any atom is -0.495 e. The molecule has 11 heteroatoms. The zero-order valence-electron chi connectivity index (χ0n) is 19.3. The van der Waals surface area contributed by atoms with E-state index in [-0.39, 0.29) is 17.3 Å². The molecular weight excluding hydrogens is 466 g/mol. The molecule has 1 heterocycles. The number of sulfonamides is 1. The lowest BCUT2D eigenvalue weighted by Crippen LogP contribution is -2.30. The van der Waals surface area contributed by atoms with E-state index in [4.69, 9.17) is 16.3 Å². The minimum absolute atomic E-state index is 0.114. The Morgan fingerprint density at radius 1 is 1.18 bits per heavy atom. The Balaban J connectivity index is 1.78. The number of benzene rings is 2. The number of likely N-dealkylation sites (N-methyl/N-ethyl adjacent to an activating group) is 1. The fraction of sp³-hybridized carbons (Fsp3) is 0.364. The van der Waals surface area contributed by atoms with Crippen molar-refractivity contribution >= 4 is 44.3 Å². The van der Waals surface area contributed by atoms with Gasteiger partial charge in [-0.3, -0.25) is 9.69 Å². The van der Waals surface area contributed by atoms with Gasteiger partial charge in [-0.2, -0.15) is 0 Å². The number of methoxy groups -OCH3 is 1. The number of rotatable bonds is 9. The summed E-state index contributed by atoms with van der Waals surface area (Å²) in [6.07, 6.45) is 0. The van der Waals surface area contributed by atoms with Crippen molar-refractivity contribution < 1.29 is 17.9 Å². The molecule has 1 amide bonds. The fourth-order valence-corrected chi connectivity index (χ4v) is 4.61. The molecule has 0 atom stereocenters. The summed E-state index contributed by atoms with van der Waals surface area (Å²) in [5.41, 5.74) is 1.93. The molecule has 33 heavy (non-hydrogen) atoms. The van der Waals surface area contributed by atoms with Gasteiger partial charge in [-0.15, -0.1) is 0 Å². The lowest BCUT2D eigenvalue weighted by Gasteiger charge is -2.17. The van der Waals surface area contributed by atoms with Gasteiger partial charge < -0.3 is 14.6 Å². The molecule has 0 aliphatic rings. The molecule has 1 N–H and O–H groups in total. The van der Waals surface area contributed by atoms with Crippen molar-refractivity contribution in [3.05, 3.63) is 47.2 Å². The number of imidazole rings is 1. The van der Waals surface area contributed by atoms with Gasteiger partial charge in [-0.1, -0.05) is 11.6 Å². The van der Waals surface area contributed by atoms with Crippen molar-refractivity contribution in [2.45, 2.75) is 24.9 Å². The largest absolute Gasteiger partial charge is 0.495 e. The lowest BCUT2D eigenvalue weighted by atomic mass is 10.3. The average molecular weight is 494 g/mol. The monoisotopic (exact) mass is 493 g/mol. The average Bonchev–Trinajstić information content (AvgIpc) is 3.09. The van der Waals surface area contributed by atoms with E-state index in [0.717, 1.165) is 11.3 Å². The topological polar surface area (TPSA) is 96.8 Å². The van der Waals surface area contributed by atoms with Crippen LogP contribution in [0.1, 0.15) is 12.7 Å². The first-order valence-corrected chi connectivity index (χ1v) is 12.1. The zero-order valence-corrected chi connectivity index (χ0v) is 20.9. The number of nitrogens with one attached hydrogen (secondary N) is 1. The third-order valence-electron chi connectivity index (χ3n) is 5.15. The highest BCUT2D eigenvalue weighted by molar-refractivity contribution is 7.89. The maximum Gasteiger partial charge on any atom is 0.242 e. The molecule has 0 saturated heterocycles. The third-order valence-corrected chi connectivity index (χ3v) is 7.20. The SMILES string of the molecule is CCn1c(CN(C)CC(=O)Nc2cc(Cl)ccc2OC)nc2cc(S(=O)(=O)N(C)C)ccc21. The van der Waals surface area contributed by atoms with Crippen LogP contribution in [0.3, 0.4) is 0 Å². The number of aryl methyl sites for hydroxylation is 1. The van der Waals surface area contributed by atoms with Crippen molar-refractivity contribution in [2.75, 3.05) is 40.1 Å². The molecule has 2 aromatic carbocycles. The fourth-order valence-electron chi connectivity index (χ4n) is 3.51. The number of fused-ring (bicyclic) bond motifs is 1. The predicted octanol–water partition coefficient (Wildman–Crippen LogP) is 3.04. The van der Waals surface area contributed by atoms with Crippen molar-refractivity contribution in [3.63, 3.8) is 0 Å². The molecule has 0 bridgehead atoms. The molecule has 3 aromatic rings. The third kappa shape index (κ3) is 5.47. The zero-order chi connectivity index (χ0) is 24.3. The second-order valence-electron chi connectivity index (χ2n) is 7.78. The van der Waals surface area contributed by atoms with Crippen molar-refractivity contribution in [2.24, 2.45) is 0 Å². The Bertz CT molecular complexity index is 1270. The van der Waals surface area contributed by atoms with Crippen LogP contribution in [0.5, 0.6) is 5.75 Å². The predicted molar refractivity (Wildman–Crippen MR) is 129 cm³/mol. The molecule has 178 valence electrons. The van der Waals surface area contributed by atoms with Crippen LogP contribution >= 0.6 is 11.6 Å². The maximum absolute atomic E-state index is 12.6. The number of nitrogens with zero attached hydrogens (tertiary/aromatic N) is 4. The number of hydrogen-bond acceptors (Lipinski definition) is 6. The van der Waals surface area contributed by atoms with E-state index in [1.807, 2.05) is 23.4 Å². The molecule has 0 aliphatic carbocycles. The van der Waals surface area contributed by atoms with Gasteiger partial charge in [0.05, 0.1) is 41.8 Å². The first-order valence-electron chi connectivity index (χ1n) is 10.3. The van der Waals surface area contributed by atoms with E-state index in [1.54, 1.807) is 36.4 Å². The van der Waals surface area contributed by atoms with Gasteiger partial charge in [0.1, 0.15) is 11.6 Å². The summed E-state index contributed by atoms with van der Waals surface area (Å²) < 4.78 is 33.4. The summed E-state index contributed by atoms with van der Waals surface area (Å²) in [6.45, 7) is 3.17. The van der Waals surface area contributed by atoms with E-state index in [0.29, 0.717) is 35.1 Å². The second-order valence-corrected chi connectivity index (χ2v) is 10.4. The van der Waals surface area contributed by atoms with E-state index in [2.05, 4.69) is 10.3 Å². The Labute approximate surface area is 199 Å². The molecule has 0 radical (unpaired) electrons. The van der Waals surface area contributed by atoms with Gasteiger partial charge in [-0.05, 0) is 50.4 Å². The molecule has 0 unspecified atom stereocenters. The molecule has 0 fully saturated rings. The number of ether oxygens (including phenoxy) is 1. The molecule has 0 spiro atoms. The van der Waals surface area contributed by atoms with Crippen LogP contribution < -0.4 is 10.1 Å². The van der Waals surface area contributed by atoms with Gasteiger partial charge in [-0.25, -0.2) is 17.7 Å². The van der Waals surface area contributed by atoms with Gasteiger partial charge in [0.2, 0.25) is 15.9 Å². The standard InChI is InChI=1S/C22H28ClN5O4S/c1-6-28-19-9-8-16(33(30,31)26(2)3)12-17(19)24-21(28)13-27(4)14-22(29)25-18-11-15(23)7-10-20(18)32-5/h7-12H,6,13-14H2,1-5H3,(H,25,29). The Morgan fingerprint density at radius 2 is 1.91 bits per heavy atom. The number of carbonyl (C=O) groups excluding carboxylic acids is 1. The highest BCUT2D eigenvalue weighted by atomic mass is 35.5. The number of anilines is 1. The number of amides is 1. The molecule has 3 rings (SSSR count). The van der Waals surface area contributed by atoms with E-state index in [1.165, 1.54) is 25.5 Å². The smallest absolute Gasteiger partial charge is 0.242 e. The van der Waals surface area contributed by atoms with Crippen LogP contribution in [-0.4, -0.2) is 67.9 Å². The molecule has 0 saturated carbocycles. The highest BCUT2D eigenvalue weighted by Crippen LogP contribution is 2.27. The summed E-state index contributed by atoms with van der Waals surface area (Å²) in [5, 5.41) is 3.31. The molecule has 9 nitrogen and oxygen atoms in total. The van der Waals surface area contributed by atoms with E-state index >= 15 is 0 Å². The first kappa shape index (κ1) is 25.0. The normalized spacial score (nSPS) is 12.0. The Hall–Kier alpha value is -2.66. The van der Waals surface area contributed by atoms with Crippen LogP contribution in [0.4, 0.5) is 5.69 Å².